The Morgan fingerprint density at radius 2 is 2.07 bits per heavy atom. The number of benzene rings is 1. The lowest BCUT2D eigenvalue weighted by Gasteiger charge is -2.48. The van der Waals surface area contributed by atoms with Gasteiger partial charge < -0.3 is 19.7 Å². The number of para-hydroxylation sites is 1. The third-order valence-corrected chi connectivity index (χ3v) is 6.77. The number of fused-ring (bicyclic) bond motifs is 1. The fourth-order valence-electron chi connectivity index (χ4n) is 5.00. The average molecular weight is 370 g/mol. The van der Waals surface area contributed by atoms with Crippen LogP contribution in [0.3, 0.4) is 0 Å². The van der Waals surface area contributed by atoms with Gasteiger partial charge in [0.25, 0.3) is 0 Å². The molecule has 0 saturated carbocycles. The summed E-state index contributed by atoms with van der Waals surface area (Å²) >= 11 is 0. The van der Waals surface area contributed by atoms with E-state index in [9.17, 15) is 9.90 Å². The Morgan fingerprint density at radius 1 is 1.33 bits per heavy atom. The highest BCUT2D eigenvalue weighted by Gasteiger charge is 2.46. The number of aromatic nitrogens is 1. The van der Waals surface area contributed by atoms with Gasteiger partial charge in [0, 0.05) is 48.8 Å². The van der Waals surface area contributed by atoms with Gasteiger partial charge in [0.1, 0.15) is 0 Å². The van der Waals surface area contributed by atoms with Crippen LogP contribution in [0.4, 0.5) is 0 Å². The smallest absolute Gasteiger partial charge is 0.227 e. The molecule has 2 atom stereocenters. The predicted octanol–water partition coefficient (Wildman–Crippen LogP) is 3.04. The molecule has 1 amide bonds. The first-order valence-corrected chi connectivity index (χ1v) is 10.1. The first kappa shape index (κ1) is 18.5. The zero-order valence-corrected chi connectivity index (χ0v) is 16.3. The molecular weight excluding hydrogens is 340 g/mol. The van der Waals surface area contributed by atoms with Crippen molar-refractivity contribution in [2.45, 2.75) is 45.1 Å². The maximum atomic E-state index is 13.0. The summed E-state index contributed by atoms with van der Waals surface area (Å²) in [6.07, 6.45) is 2.92. The van der Waals surface area contributed by atoms with Gasteiger partial charge in [-0.05, 0) is 43.7 Å². The lowest BCUT2D eigenvalue weighted by molar-refractivity contribution is -0.150. The molecule has 27 heavy (non-hydrogen) atoms. The van der Waals surface area contributed by atoms with Crippen molar-refractivity contribution in [2.24, 2.45) is 11.8 Å². The number of H-pyrrole nitrogens is 1. The number of ether oxygens (including phenoxy) is 1. The van der Waals surface area contributed by atoms with Gasteiger partial charge in [0.05, 0.1) is 12.0 Å². The number of amides is 1. The third-order valence-electron chi connectivity index (χ3n) is 6.77. The summed E-state index contributed by atoms with van der Waals surface area (Å²) in [6.45, 7) is 6.87. The summed E-state index contributed by atoms with van der Waals surface area (Å²) in [5.74, 6) is 0.528. The lowest BCUT2D eigenvalue weighted by atomic mass is 9.70. The zero-order valence-electron chi connectivity index (χ0n) is 16.3. The number of aromatic amines is 1. The van der Waals surface area contributed by atoms with Gasteiger partial charge in [-0.15, -0.1) is 0 Å². The highest BCUT2D eigenvalue weighted by atomic mass is 16.5. The minimum Gasteiger partial charge on any atom is -0.389 e. The second-order valence-corrected chi connectivity index (χ2v) is 8.32. The van der Waals surface area contributed by atoms with Gasteiger partial charge in [-0.3, -0.25) is 4.79 Å². The van der Waals surface area contributed by atoms with Crippen molar-refractivity contribution >= 4 is 16.8 Å². The molecule has 3 heterocycles. The fraction of sp³-hybridized carbons (Fsp3) is 0.591. The minimum atomic E-state index is -0.669. The molecule has 4 rings (SSSR count). The maximum Gasteiger partial charge on any atom is 0.227 e. The van der Waals surface area contributed by atoms with E-state index in [0.717, 1.165) is 48.2 Å². The summed E-state index contributed by atoms with van der Waals surface area (Å²) in [4.78, 5) is 18.3. The molecule has 0 unspecified atom stereocenters. The minimum absolute atomic E-state index is 0.0855. The Labute approximate surface area is 160 Å². The molecule has 146 valence electrons. The second-order valence-electron chi connectivity index (χ2n) is 8.32. The monoisotopic (exact) mass is 370 g/mol. The van der Waals surface area contributed by atoms with E-state index in [1.165, 1.54) is 0 Å². The van der Waals surface area contributed by atoms with Crippen LogP contribution in [0.25, 0.3) is 10.9 Å². The SMILES string of the molecule is Cc1[nH]c2ccccc2c1CC(=O)N1CC[C@@](O)(C2CCOCC2)[C@H](C)C1. The van der Waals surface area contributed by atoms with E-state index in [-0.39, 0.29) is 17.7 Å². The van der Waals surface area contributed by atoms with E-state index in [2.05, 4.69) is 18.0 Å². The fourth-order valence-corrected chi connectivity index (χ4v) is 5.00. The van der Waals surface area contributed by atoms with Gasteiger partial charge in [-0.2, -0.15) is 0 Å². The van der Waals surface area contributed by atoms with Gasteiger partial charge in [0.15, 0.2) is 0 Å². The number of aliphatic hydroxyl groups is 1. The van der Waals surface area contributed by atoms with Crippen LogP contribution in [0.2, 0.25) is 0 Å². The lowest BCUT2D eigenvalue weighted by Crippen LogP contribution is -2.57. The Bertz CT molecular complexity index is 824. The Hall–Kier alpha value is -1.85. The molecule has 2 aliphatic rings. The molecule has 2 aromatic rings. The normalized spacial score (nSPS) is 27.2. The molecule has 0 bridgehead atoms. The first-order valence-electron chi connectivity index (χ1n) is 10.1. The largest absolute Gasteiger partial charge is 0.389 e. The second kappa shape index (κ2) is 7.28. The van der Waals surface area contributed by atoms with E-state index in [0.29, 0.717) is 25.9 Å². The number of hydrogen-bond acceptors (Lipinski definition) is 3. The average Bonchev–Trinajstić information content (AvgIpc) is 3.00. The summed E-state index contributed by atoms with van der Waals surface area (Å²) in [5.41, 5.74) is 2.57. The summed E-state index contributed by atoms with van der Waals surface area (Å²) < 4.78 is 5.46. The van der Waals surface area contributed by atoms with Crippen molar-refractivity contribution in [3.63, 3.8) is 0 Å². The number of nitrogens with one attached hydrogen (secondary N) is 1. The number of rotatable bonds is 3. The number of nitrogens with zero attached hydrogens (tertiary/aromatic N) is 1. The molecule has 0 spiro atoms. The van der Waals surface area contributed by atoms with Gasteiger partial charge in [0.2, 0.25) is 5.91 Å². The topological polar surface area (TPSA) is 65.6 Å². The van der Waals surface area contributed by atoms with Crippen molar-refractivity contribution in [1.82, 2.24) is 9.88 Å². The molecule has 2 saturated heterocycles. The molecule has 2 N–H and O–H groups in total. The molecule has 2 fully saturated rings. The molecule has 5 nitrogen and oxygen atoms in total. The van der Waals surface area contributed by atoms with Crippen LogP contribution in [-0.4, -0.2) is 52.8 Å². The number of likely N-dealkylation sites (tertiary alicyclic amines) is 1. The van der Waals surface area contributed by atoms with E-state index in [1.807, 2.05) is 30.0 Å². The molecule has 1 aromatic carbocycles. The van der Waals surface area contributed by atoms with Gasteiger partial charge in [-0.25, -0.2) is 0 Å². The number of piperidine rings is 1. The van der Waals surface area contributed by atoms with Crippen molar-refractivity contribution in [3.05, 3.63) is 35.5 Å². The summed E-state index contributed by atoms with van der Waals surface area (Å²) in [6, 6.07) is 8.14. The van der Waals surface area contributed by atoms with E-state index < -0.39 is 5.60 Å². The zero-order chi connectivity index (χ0) is 19.0. The molecule has 0 aliphatic carbocycles. The molecule has 1 aromatic heterocycles. The van der Waals surface area contributed by atoms with E-state index in [1.54, 1.807) is 0 Å². The Kier molecular flexibility index (Phi) is 4.99. The van der Waals surface area contributed by atoms with Crippen molar-refractivity contribution in [1.29, 1.82) is 0 Å². The van der Waals surface area contributed by atoms with Gasteiger partial charge >= 0.3 is 0 Å². The number of aryl methyl sites for hydroxylation is 1. The van der Waals surface area contributed by atoms with E-state index >= 15 is 0 Å². The van der Waals surface area contributed by atoms with Crippen LogP contribution in [0, 0.1) is 18.8 Å². The standard InChI is InChI=1S/C22H30N2O3/c1-15-14-24(10-9-22(15,26)17-7-11-27-12-8-17)21(25)13-19-16(2)23-20-6-4-3-5-18(19)20/h3-6,15,17,23,26H,7-14H2,1-2H3/t15-,22+/m1/s1. The van der Waals surface area contributed by atoms with Crippen molar-refractivity contribution in [2.75, 3.05) is 26.3 Å². The van der Waals surface area contributed by atoms with Crippen LogP contribution >= 0.6 is 0 Å². The highest BCUT2D eigenvalue weighted by molar-refractivity contribution is 5.90. The summed E-state index contributed by atoms with van der Waals surface area (Å²) in [5, 5.41) is 12.4. The predicted molar refractivity (Wildman–Crippen MR) is 106 cm³/mol. The van der Waals surface area contributed by atoms with Crippen LogP contribution in [-0.2, 0) is 16.0 Å². The van der Waals surface area contributed by atoms with Crippen LogP contribution in [0.5, 0.6) is 0 Å². The molecule has 2 aliphatic heterocycles. The number of hydrogen-bond donors (Lipinski definition) is 2. The maximum absolute atomic E-state index is 13.0. The molecule has 0 radical (unpaired) electrons. The van der Waals surface area contributed by atoms with Crippen LogP contribution < -0.4 is 0 Å². The Morgan fingerprint density at radius 3 is 2.81 bits per heavy atom. The van der Waals surface area contributed by atoms with E-state index in [4.69, 9.17) is 4.74 Å². The molecule has 5 heteroatoms. The highest BCUT2D eigenvalue weighted by Crippen LogP contribution is 2.39. The first-order chi connectivity index (χ1) is 13.0. The van der Waals surface area contributed by atoms with Crippen LogP contribution in [0.1, 0.15) is 37.4 Å². The summed E-state index contributed by atoms with van der Waals surface area (Å²) in [7, 11) is 0. The molecular formula is C22H30N2O3. The van der Waals surface area contributed by atoms with Gasteiger partial charge in [-0.1, -0.05) is 25.1 Å². The Balaban J connectivity index is 1.45. The van der Waals surface area contributed by atoms with Crippen molar-refractivity contribution < 1.29 is 14.6 Å². The number of carbonyl (C=O) groups is 1. The van der Waals surface area contributed by atoms with Crippen LogP contribution in [0.15, 0.2) is 24.3 Å². The van der Waals surface area contributed by atoms with Crippen molar-refractivity contribution in [3.8, 4) is 0 Å². The number of carbonyl (C=O) groups excluding carboxylic acids is 1. The quantitative estimate of drug-likeness (QED) is 0.873. The third kappa shape index (κ3) is 3.39.